The van der Waals surface area contributed by atoms with E-state index in [0.29, 0.717) is 0 Å². The van der Waals surface area contributed by atoms with Crippen molar-refractivity contribution in [2.75, 3.05) is 14.2 Å². The van der Waals surface area contributed by atoms with Gasteiger partial charge in [-0.25, -0.2) is 0 Å². The molecule has 0 aromatic carbocycles. The van der Waals surface area contributed by atoms with Crippen molar-refractivity contribution >= 4 is 0 Å². The van der Waals surface area contributed by atoms with Gasteiger partial charge < -0.3 is 0 Å². The van der Waals surface area contributed by atoms with E-state index >= 15 is 0 Å². The average Bonchev–Trinajstić information content (AvgIpc) is 2.44. The molecular weight excluding hydrogens is 164 g/mol. The Morgan fingerprint density at radius 2 is 1.60 bits per heavy atom. The molecule has 1 rings (SSSR count). The van der Waals surface area contributed by atoms with Crippen molar-refractivity contribution in [3.05, 3.63) is 24.3 Å². The summed E-state index contributed by atoms with van der Waals surface area (Å²) >= 11 is -0.472. The van der Waals surface area contributed by atoms with Gasteiger partial charge in [0.25, 0.3) is 0 Å². The molecular formula is C7H12O2Ti. The van der Waals surface area contributed by atoms with Crippen molar-refractivity contribution in [3.8, 4) is 0 Å². The minimum atomic E-state index is -0.472. The standard InChI is InChI=1S/C5H6.2CH3O.Ti/c1-2-4-5-3-1;2*1-2;/h1-4H,5H2;2*1H3;/q;2*-1;+2. The molecule has 0 heterocycles. The van der Waals surface area contributed by atoms with E-state index in [0.717, 1.165) is 6.42 Å². The fraction of sp³-hybridized carbons (Fsp3) is 0.429. The van der Waals surface area contributed by atoms with Crippen LogP contribution in [0.1, 0.15) is 6.42 Å². The Morgan fingerprint density at radius 3 is 1.70 bits per heavy atom. The summed E-state index contributed by atoms with van der Waals surface area (Å²) in [5.41, 5.74) is 0. The summed E-state index contributed by atoms with van der Waals surface area (Å²) < 4.78 is 9.19. The molecule has 0 radical (unpaired) electrons. The zero-order valence-corrected chi connectivity index (χ0v) is 7.89. The Labute approximate surface area is 71.8 Å². The molecule has 0 aliphatic heterocycles. The van der Waals surface area contributed by atoms with Gasteiger partial charge in [-0.15, -0.1) is 0 Å². The maximum atomic E-state index is 4.59. The van der Waals surface area contributed by atoms with Gasteiger partial charge in [-0.1, -0.05) is 24.3 Å². The first-order valence-electron chi connectivity index (χ1n) is 3.04. The molecule has 0 spiro atoms. The van der Waals surface area contributed by atoms with Gasteiger partial charge in [-0.05, 0) is 6.42 Å². The summed E-state index contributed by atoms with van der Waals surface area (Å²) in [7, 11) is 3.28. The summed E-state index contributed by atoms with van der Waals surface area (Å²) in [5.74, 6) is 0. The Bertz CT molecular complexity index is 98.2. The predicted molar refractivity (Wildman–Crippen MR) is 36.9 cm³/mol. The Balaban J connectivity index is 0.000000162. The van der Waals surface area contributed by atoms with Crippen LogP contribution in [0.5, 0.6) is 0 Å². The quantitative estimate of drug-likeness (QED) is 0.596. The SMILES string of the molecule is C1=CCC=C1.C[O][Ti][O]C. The first-order valence-corrected chi connectivity index (χ1v) is 4.32. The van der Waals surface area contributed by atoms with Crippen molar-refractivity contribution in [3.63, 3.8) is 0 Å². The normalized spacial score (nSPS) is 12.6. The second-order valence-corrected chi connectivity index (χ2v) is 3.12. The molecule has 0 aromatic rings. The molecule has 56 valence electrons. The molecule has 0 fully saturated rings. The first-order chi connectivity index (χ1) is 4.91. The zero-order chi connectivity index (χ0) is 7.66. The van der Waals surface area contributed by atoms with Crippen LogP contribution < -0.4 is 0 Å². The first kappa shape index (κ1) is 10.1. The Hall–Kier alpha value is 0.114. The van der Waals surface area contributed by atoms with Crippen LogP contribution in [0.15, 0.2) is 24.3 Å². The molecule has 0 N–H and O–H groups in total. The topological polar surface area (TPSA) is 18.5 Å². The van der Waals surface area contributed by atoms with Crippen LogP contribution in [0.2, 0.25) is 0 Å². The number of hydrogen-bond donors (Lipinski definition) is 0. The Morgan fingerprint density at radius 1 is 1.10 bits per heavy atom. The maximum absolute atomic E-state index is 4.59. The molecule has 10 heavy (non-hydrogen) atoms. The number of allylic oxidation sites excluding steroid dienone is 4. The van der Waals surface area contributed by atoms with Crippen LogP contribution in [0.3, 0.4) is 0 Å². The van der Waals surface area contributed by atoms with E-state index < -0.39 is 19.9 Å². The van der Waals surface area contributed by atoms with Crippen LogP contribution in [-0.4, -0.2) is 14.2 Å². The molecule has 3 heteroatoms. The third-order valence-electron chi connectivity index (χ3n) is 0.822. The van der Waals surface area contributed by atoms with Gasteiger partial charge in [0.05, 0.1) is 0 Å². The fourth-order valence-electron chi connectivity index (χ4n) is 0.476. The number of hydrogen-bond acceptors (Lipinski definition) is 2. The zero-order valence-electron chi connectivity index (χ0n) is 6.33. The summed E-state index contributed by atoms with van der Waals surface area (Å²) in [6.45, 7) is 0. The van der Waals surface area contributed by atoms with Crippen molar-refractivity contribution < 1.29 is 26.6 Å². The fourth-order valence-corrected chi connectivity index (χ4v) is 0.736. The Kier molecular flexibility index (Phi) is 9.22. The molecule has 0 aromatic heterocycles. The molecule has 1 aliphatic rings. The predicted octanol–water partition coefficient (Wildman–Crippen LogP) is 1.69. The summed E-state index contributed by atoms with van der Waals surface area (Å²) in [4.78, 5) is 0. The van der Waals surface area contributed by atoms with Crippen molar-refractivity contribution in [2.24, 2.45) is 0 Å². The van der Waals surface area contributed by atoms with E-state index in [4.69, 9.17) is 0 Å². The van der Waals surface area contributed by atoms with E-state index in [-0.39, 0.29) is 0 Å². The third-order valence-corrected chi connectivity index (χ3v) is 1.34. The number of rotatable bonds is 2. The van der Waals surface area contributed by atoms with E-state index in [9.17, 15) is 0 Å². The van der Waals surface area contributed by atoms with Gasteiger partial charge >= 0.3 is 40.8 Å². The molecule has 0 bridgehead atoms. The second kappa shape index (κ2) is 9.11. The average molecular weight is 176 g/mol. The van der Waals surface area contributed by atoms with Gasteiger partial charge in [0.15, 0.2) is 0 Å². The summed E-state index contributed by atoms with van der Waals surface area (Å²) in [6.07, 6.45) is 9.50. The van der Waals surface area contributed by atoms with Gasteiger partial charge in [-0.2, -0.15) is 0 Å². The summed E-state index contributed by atoms with van der Waals surface area (Å²) in [5, 5.41) is 0. The monoisotopic (exact) mass is 176 g/mol. The molecule has 0 atom stereocenters. The van der Waals surface area contributed by atoms with Crippen LogP contribution in [0.25, 0.3) is 0 Å². The van der Waals surface area contributed by atoms with Gasteiger partial charge in [0.1, 0.15) is 0 Å². The second-order valence-electron chi connectivity index (χ2n) is 1.58. The van der Waals surface area contributed by atoms with Gasteiger partial charge in [0, 0.05) is 0 Å². The van der Waals surface area contributed by atoms with Crippen LogP contribution in [-0.2, 0) is 26.6 Å². The van der Waals surface area contributed by atoms with E-state index in [1.807, 2.05) is 0 Å². The van der Waals surface area contributed by atoms with E-state index in [1.54, 1.807) is 14.2 Å². The molecule has 0 saturated heterocycles. The molecule has 0 amide bonds. The van der Waals surface area contributed by atoms with E-state index in [2.05, 4.69) is 30.9 Å². The van der Waals surface area contributed by atoms with Crippen molar-refractivity contribution in [1.82, 2.24) is 0 Å². The van der Waals surface area contributed by atoms with E-state index in [1.165, 1.54) is 0 Å². The molecule has 0 unspecified atom stereocenters. The van der Waals surface area contributed by atoms with Gasteiger partial charge in [-0.3, -0.25) is 0 Å². The molecule has 1 aliphatic carbocycles. The summed E-state index contributed by atoms with van der Waals surface area (Å²) in [6, 6.07) is 0. The molecule has 0 saturated carbocycles. The van der Waals surface area contributed by atoms with Crippen molar-refractivity contribution in [1.29, 1.82) is 0 Å². The van der Waals surface area contributed by atoms with Gasteiger partial charge in [0.2, 0.25) is 0 Å². The molecule has 2 nitrogen and oxygen atoms in total. The van der Waals surface area contributed by atoms with Crippen molar-refractivity contribution in [2.45, 2.75) is 6.42 Å². The minimum absolute atomic E-state index is 0.472. The van der Waals surface area contributed by atoms with Crippen LogP contribution in [0.4, 0.5) is 0 Å². The van der Waals surface area contributed by atoms with Crippen LogP contribution >= 0.6 is 0 Å². The van der Waals surface area contributed by atoms with Crippen LogP contribution in [0, 0.1) is 0 Å². The third kappa shape index (κ3) is 8.11.